The number of nitrogens with zero attached hydrogens (tertiary/aromatic N) is 5. The first-order valence-electron chi connectivity index (χ1n) is 16.2. The molecule has 2 amide bonds. The number of aromatic nitrogens is 2. The van der Waals surface area contributed by atoms with Crippen molar-refractivity contribution in [2.24, 2.45) is 0 Å². The molecule has 0 aliphatic carbocycles. The number of rotatable bonds is 5. The van der Waals surface area contributed by atoms with Gasteiger partial charge in [0.15, 0.2) is 0 Å². The minimum atomic E-state index is -4.73. The highest BCUT2D eigenvalue weighted by atomic mass is 19.4. The zero-order chi connectivity index (χ0) is 34.4. The summed E-state index contributed by atoms with van der Waals surface area (Å²) in [7, 11) is 0. The number of benzene rings is 1. The maximum Gasteiger partial charge on any atom is 0.421 e. The van der Waals surface area contributed by atoms with Crippen LogP contribution in [-0.2, 0) is 16.3 Å². The Kier molecular flexibility index (Phi) is 8.67. The number of carbonyl (C=O) groups excluding carboxylic acids is 2. The number of pyridine rings is 2. The lowest BCUT2D eigenvalue weighted by Gasteiger charge is -2.50. The lowest BCUT2D eigenvalue weighted by atomic mass is 9.69. The number of hydrogen-bond donors (Lipinski definition) is 1. The highest BCUT2D eigenvalue weighted by Gasteiger charge is 2.49. The van der Waals surface area contributed by atoms with Crippen molar-refractivity contribution in [3.05, 3.63) is 65.5 Å². The first kappa shape index (κ1) is 33.4. The van der Waals surface area contributed by atoms with Crippen molar-refractivity contribution in [1.29, 1.82) is 0 Å². The van der Waals surface area contributed by atoms with Gasteiger partial charge in [0.25, 0.3) is 5.91 Å². The second-order valence-corrected chi connectivity index (χ2v) is 13.6. The van der Waals surface area contributed by atoms with Gasteiger partial charge in [-0.3, -0.25) is 4.79 Å². The van der Waals surface area contributed by atoms with Gasteiger partial charge in [-0.1, -0.05) is 12.1 Å². The molecule has 5 heterocycles. The van der Waals surface area contributed by atoms with Crippen LogP contribution >= 0.6 is 0 Å². The molecule has 1 atom stereocenters. The fourth-order valence-corrected chi connectivity index (χ4v) is 7.13. The number of fused-ring (bicyclic) bond motifs is 2. The van der Waals surface area contributed by atoms with Crippen LogP contribution in [0.5, 0.6) is 11.6 Å². The number of halogens is 3. The normalized spacial score (nSPS) is 19.4. The number of aromatic hydroxyl groups is 1. The van der Waals surface area contributed by atoms with Gasteiger partial charge >= 0.3 is 12.3 Å². The van der Waals surface area contributed by atoms with E-state index in [1.807, 2.05) is 25.1 Å². The van der Waals surface area contributed by atoms with Gasteiger partial charge in [0.2, 0.25) is 5.88 Å². The molecule has 3 aromatic rings. The van der Waals surface area contributed by atoms with Crippen LogP contribution in [0, 0.1) is 0 Å². The number of alkyl halides is 3. The van der Waals surface area contributed by atoms with Crippen LogP contribution in [0.15, 0.2) is 48.7 Å². The van der Waals surface area contributed by atoms with Gasteiger partial charge in [-0.15, -0.1) is 0 Å². The van der Waals surface area contributed by atoms with Crippen LogP contribution in [0.2, 0.25) is 0 Å². The molecule has 13 heteroatoms. The Morgan fingerprint density at radius 1 is 1.06 bits per heavy atom. The lowest BCUT2D eigenvalue weighted by molar-refractivity contribution is -0.138. The van der Waals surface area contributed by atoms with E-state index in [1.165, 1.54) is 12.1 Å². The van der Waals surface area contributed by atoms with Crippen molar-refractivity contribution in [3.63, 3.8) is 0 Å². The summed E-state index contributed by atoms with van der Waals surface area (Å²) in [5.41, 5.74) is -0.202. The first-order chi connectivity index (χ1) is 22.7. The molecule has 256 valence electrons. The van der Waals surface area contributed by atoms with Gasteiger partial charge in [0.1, 0.15) is 22.6 Å². The summed E-state index contributed by atoms with van der Waals surface area (Å²) in [5, 5.41) is 10.2. The van der Waals surface area contributed by atoms with Crippen molar-refractivity contribution in [3.8, 4) is 22.9 Å². The quantitative estimate of drug-likeness (QED) is 0.339. The number of phenols is 1. The summed E-state index contributed by atoms with van der Waals surface area (Å²) in [4.78, 5) is 41.5. The molecule has 3 aliphatic rings. The summed E-state index contributed by atoms with van der Waals surface area (Å²) in [6, 6.07) is 10.9. The molecule has 0 bridgehead atoms. The van der Waals surface area contributed by atoms with E-state index in [0.717, 1.165) is 11.6 Å². The maximum absolute atomic E-state index is 14.3. The molecule has 2 fully saturated rings. The number of likely N-dealkylation sites (tertiary alicyclic amines) is 1. The average Bonchev–Trinajstić information content (AvgIpc) is 3.53. The third-order valence-corrected chi connectivity index (χ3v) is 9.35. The van der Waals surface area contributed by atoms with Crippen LogP contribution < -0.4 is 9.64 Å². The predicted octanol–water partition coefficient (Wildman–Crippen LogP) is 6.27. The molecule has 2 saturated heterocycles. The molecule has 2 aromatic heterocycles. The first-order valence-corrected chi connectivity index (χ1v) is 16.2. The third kappa shape index (κ3) is 6.34. The molecule has 1 aromatic carbocycles. The van der Waals surface area contributed by atoms with Gasteiger partial charge in [-0.25, -0.2) is 14.8 Å². The van der Waals surface area contributed by atoms with E-state index >= 15 is 0 Å². The Hall–Kier alpha value is -4.55. The van der Waals surface area contributed by atoms with Gasteiger partial charge in [0.05, 0.1) is 29.6 Å². The van der Waals surface area contributed by atoms with Crippen molar-refractivity contribution >= 4 is 17.7 Å². The third-order valence-electron chi connectivity index (χ3n) is 9.35. The van der Waals surface area contributed by atoms with Crippen molar-refractivity contribution in [2.45, 2.75) is 70.2 Å². The van der Waals surface area contributed by atoms with E-state index in [9.17, 15) is 27.9 Å². The van der Waals surface area contributed by atoms with Crippen molar-refractivity contribution in [2.75, 3.05) is 44.2 Å². The molecule has 1 N–H and O–H groups in total. The second-order valence-electron chi connectivity index (χ2n) is 13.6. The standard InChI is InChI=1S/C35H40F3N5O5/c1-5-47-30-23(8-7-16-39-30)25-12-11-24-29(40-25)31(45)43(22-13-17-42(20-22)32(46)48-33(2,3)4)21-34(24)14-18-41(19-15-34)26-9-6-10-27(44)28(26)35(36,37)38/h6-12,16,22,44H,5,13-15,17-21H2,1-4H3/t22-/m0/s1. The van der Waals surface area contributed by atoms with Crippen molar-refractivity contribution < 1.29 is 37.3 Å². The highest BCUT2D eigenvalue weighted by molar-refractivity contribution is 5.96. The fraction of sp³-hybridized carbons (Fsp3) is 0.486. The Morgan fingerprint density at radius 2 is 1.81 bits per heavy atom. The van der Waals surface area contributed by atoms with Crippen LogP contribution in [0.1, 0.15) is 68.6 Å². The summed E-state index contributed by atoms with van der Waals surface area (Å²) in [6.07, 6.45) is -2.11. The number of amides is 2. The van der Waals surface area contributed by atoms with Gasteiger partial charge in [-0.05, 0) is 82.9 Å². The van der Waals surface area contributed by atoms with E-state index in [4.69, 9.17) is 14.5 Å². The number of anilines is 1. The van der Waals surface area contributed by atoms with E-state index in [1.54, 1.807) is 47.7 Å². The highest BCUT2D eigenvalue weighted by Crippen LogP contribution is 2.47. The Labute approximate surface area is 277 Å². The predicted molar refractivity (Wildman–Crippen MR) is 172 cm³/mol. The van der Waals surface area contributed by atoms with Crippen molar-refractivity contribution in [1.82, 2.24) is 19.8 Å². The second kappa shape index (κ2) is 12.5. The molecule has 1 spiro atoms. The summed E-state index contributed by atoms with van der Waals surface area (Å²) < 4.78 is 53.4. The molecule has 6 rings (SSSR count). The van der Waals surface area contributed by atoms with E-state index in [-0.39, 0.29) is 36.4 Å². The van der Waals surface area contributed by atoms with E-state index in [0.29, 0.717) is 62.6 Å². The molecule has 0 unspecified atom stereocenters. The minimum Gasteiger partial charge on any atom is -0.507 e. The minimum absolute atomic E-state index is 0.0707. The monoisotopic (exact) mass is 667 g/mol. The Balaban J connectivity index is 1.36. The molecule has 10 nitrogen and oxygen atoms in total. The van der Waals surface area contributed by atoms with E-state index < -0.39 is 34.6 Å². The summed E-state index contributed by atoms with van der Waals surface area (Å²) in [6.45, 7) is 9.25. The zero-order valence-corrected chi connectivity index (χ0v) is 27.5. The molecule has 0 radical (unpaired) electrons. The zero-order valence-electron chi connectivity index (χ0n) is 27.5. The number of piperidine rings is 1. The fourth-order valence-electron chi connectivity index (χ4n) is 7.13. The van der Waals surface area contributed by atoms with Gasteiger partial charge in [0, 0.05) is 44.3 Å². The average molecular weight is 668 g/mol. The summed E-state index contributed by atoms with van der Waals surface area (Å²) >= 11 is 0. The number of phenolic OH excluding ortho intramolecular Hbond substituents is 1. The molecule has 3 aliphatic heterocycles. The van der Waals surface area contributed by atoms with Crippen LogP contribution in [0.4, 0.5) is 23.7 Å². The van der Waals surface area contributed by atoms with Crippen LogP contribution in [-0.4, -0.2) is 87.8 Å². The van der Waals surface area contributed by atoms with Crippen LogP contribution in [0.3, 0.4) is 0 Å². The molecular weight excluding hydrogens is 627 g/mol. The Bertz CT molecular complexity index is 1700. The molecule has 48 heavy (non-hydrogen) atoms. The lowest BCUT2D eigenvalue weighted by Crippen LogP contribution is -2.57. The number of hydrogen-bond acceptors (Lipinski definition) is 8. The van der Waals surface area contributed by atoms with E-state index in [2.05, 4.69) is 4.98 Å². The number of ether oxygens (including phenoxy) is 2. The largest absolute Gasteiger partial charge is 0.507 e. The van der Waals surface area contributed by atoms with Gasteiger partial charge < -0.3 is 29.3 Å². The molecular formula is C35H40F3N5O5. The molecule has 0 saturated carbocycles. The maximum atomic E-state index is 14.3. The SMILES string of the molecule is CCOc1ncccc1-c1ccc2c(n1)C(=O)N([C@H]1CCN(C(=O)OC(C)(C)C)C1)CC21CCN(c2cccc(O)c2C(F)(F)F)CC1. The van der Waals surface area contributed by atoms with Gasteiger partial charge in [-0.2, -0.15) is 13.2 Å². The Morgan fingerprint density at radius 3 is 2.50 bits per heavy atom. The topological polar surface area (TPSA) is 108 Å². The number of carbonyl (C=O) groups is 2. The summed E-state index contributed by atoms with van der Waals surface area (Å²) in [5.74, 6) is -0.675. The smallest absolute Gasteiger partial charge is 0.421 e. The van der Waals surface area contributed by atoms with Crippen LogP contribution in [0.25, 0.3) is 11.3 Å².